The van der Waals surface area contributed by atoms with Gasteiger partial charge in [-0.1, -0.05) is 44.0 Å². The molecule has 0 aromatic heterocycles. The van der Waals surface area contributed by atoms with Crippen molar-refractivity contribution in [1.82, 2.24) is 0 Å². The van der Waals surface area contributed by atoms with Crippen LogP contribution in [0.3, 0.4) is 0 Å². The highest BCUT2D eigenvalue weighted by Gasteiger charge is 2.08. The van der Waals surface area contributed by atoms with E-state index in [1.54, 1.807) is 7.11 Å². The Hall–Kier alpha value is 0.140. The Balaban J connectivity index is 2.50. The first-order valence-electron chi connectivity index (χ1n) is 5.05. The van der Waals surface area contributed by atoms with Crippen molar-refractivity contribution in [2.24, 2.45) is 5.92 Å². The topological polar surface area (TPSA) is 9.23 Å². The zero-order valence-corrected chi connectivity index (χ0v) is 12.1. The van der Waals surface area contributed by atoms with Gasteiger partial charge in [-0.2, -0.15) is 0 Å². The molecule has 15 heavy (non-hydrogen) atoms. The molecule has 1 aromatic carbocycles. The summed E-state index contributed by atoms with van der Waals surface area (Å²) in [6, 6.07) is 8.50. The number of alkyl halides is 1. The Bertz CT molecular complexity index is 289. The molecule has 1 rings (SSSR count). The van der Waals surface area contributed by atoms with Crippen LogP contribution in [0.4, 0.5) is 0 Å². The van der Waals surface area contributed by atoms with Crippen LogP contribution in [0.5, 0.6) is 0 Å². The van der Waals surface area contributed by atoms with E-state index in [0.717, 1.165) is 29.3 Å². The Morgan fingerprint density at radius 2 is 2.20 bits per heavy atom. The van der Waals surface area contributed by atoms with E-state index >= 15 is 0 Å². The van der Waals surface area contributed by atoms with Crippen LogP contribution < -0.4 is 0 Å². The van der Waals surface area contributed by atoms with Crippen LogP contribution in [-0.2, 0) is 11.2 Å². The molecule has 0 saturated heterocycles. The fourth-order valence-electron chi connectivity index (χ4n) is 1.52. The molecule has 1 unspecified atom stereocenters. The second-order valence-electron chi connectivity index (χ2n) is 3.64. The SMILES string of the molecule is COCCC(CBr)Cc1cccc(Br)c1. The Morgan fingerprint density at radius 1 is 1.40 bits per heavy atom. The van der Waals surface area contributed by atoms with E-state index in [2.05, 4.69) is 56.1 Å². The molecule has 0 heterocycles. The first kappa shape index (κ1) is 13.2. The highest BCUT2D eigenvalue weighted by molar-refractivity contribution is 9.10. The van der Waals surface area contributed by atoms with Crippen LogP contribution in [0.15, 0.2) is 28.7 Å². The molecule has 1 aromatic rings. The van der Waals surface area contributed by atoms with Gasteiger partial charge in [0.15, 0.2) is 0 Å². The molecular weight excluding hydrogens is 320 g/mol. The minimum absolute atomic E-state index is 0.652. The highest BCUT2D eigenvalue weighted by atomic mass is 79.9. The van der Waals surface area contributed by atoms with Gasteiger partial charge in [0, 0.05) is 23.5 Å². The van der Waals surface area contributed by atoms with Crippen molar-refractivity contribution in [2.45, 2.75) is 12.8 Å². The van der Waals surface area contributed by atoms with E-state index in [1.807, 2.05) is 0 Å². The molecule has 0 fully saturated rings. The first-order chi connectivity index (χ1) is 7.26. The maximum atomic E-state index is 5.11. The lowest BCUT2D eigenvalue weighted by molar-refractivity contribution is 0.181. The highest BCUT2D eigenvalue weighted by Crippen LogP contribution is 2.18. The Morgan fingerprint density at radius 3 is 2.80 bits per heavy atom. The molecule has 0 spiro atoms. The molecule has 0 aliphatic carbocycles. The molecule has 0 saturated carbocycles. The molecular formula is C12H16Br2O. The fourth-order valence-corrected chi connectivity index (χ4v) is 2.51. The largest absolute Gasteiger partial charge is 0.385 e. The summed E-state index contributed by atoms with van der Waals surface area (Å²) in [5, 5.41) is 1.03. The zero-order valence-electron chi connectivity index (χ0n) is 8.88. The summed E-state index contributed by atoms with van der Waals surface area (Å²) < 4.78 is 6.26. The fraction of sp³-hybridized carbons (Fsp3) is 0.500. The van der Waals surface area contributed by atoms with Crippen molar-refractivity contribution in [3.05, 3.63) is 34.3 Å². The summed E-state index contributed by atoms with van der Waals surface area (Å²) in [5.41, 5.74) is 1.38. The number of rotatable bonds is 6. The van der Waals surface area contributed by atoms with Crippen LogP contribution in [-0.4, -0.2) is 19.0 Å². The third kappa shape index (κ3) is 5.14. The summed E-state index contributed by atoms with van der Waals surface area (Å²) in [6.45, 7) is 0.838. The summed E-state index contributed by atoms with van der Waals surface area (Å²) in [4.78, 5) is 0. The monoisotopic (exact) mass is 334 g/mol. The van der Waals surface area contributed by atoms with Crippen LogP contribution in [0.1, 0.15) is 12.0 Å². The molecule has 0 N–H and O–H groups in total. The molecule has 0 aliphatic heterocycles. The van der Waals surface area contributed by atoms with Gasteiger partial charge in [-0.15, -0.1) is 0 Å². The van der Waals surface area contributed by atoms with E-state index in [-0.39, 0.29) is 0 Å². The molecule has 1 nitrogen and oxygen atoms in total. The summed E-state index contributed by atoms with van der Waals surface area (Å²) in [6.07, 6.45) is 2.21. The van der Waals surface area contributed by atoms with E-state index in [4.69, 9.17) is 4.74 Å². The predicted octanol–water partition coefficient (Wildman–Crippen LogP) is 4.04. The number of benzene rings is 1. The van der Waals surface area contributed by atoms with E-state index in [1.165, 1.54) is 5.56 Å². The van der Waals surface area contributed by atoms with Crippen LogP contribution in [0.25, 0.3) is 0 Å². The van der Waals surface area contributed by atoms with Gasteiger partial charge < -0.3 is 4.74 Å². The standard InChI is InChI=1S/C12H16Br2O/c1-15-6-5-11(9-13)7-10-3-2-4-12(14)8-10/h2-4,8,11H,5-7,9H2,1H3. The molecule has 1 atom stereocenters. The van der Waals surface area contributed by atoms with Gasteiger partial charge in [0.2, 0.25) is 0 Å². The van der Waals surface area contributed by atoms with Crippen molar-refractivity contribution in [2.75, 3.05) is 19.0 Å². The van der Waals surface area contributed by atoms with Crippen LogP contribution in [0, 0.1) is 5.92 Å². The maximum absolute atomic E-state index is 5.11. The smallest absolute Gasteiger partial charge is 0.0465 e. The second kappa shape index (κ2) is 7.42. The number of methoxy groups -OCH3 is 1. The summed E-state index contributed by atoms with van der Waals surface area (Å²) in [7, 11) is 1.75. The number of hydrogen-bond donors (Lipinski definition) is 0. The number of halogens is 2. The molecule has 3 heteroatoms. The minimum atomic E-state index is 0.652. The molecule has 0 amide bonds. The normalized spacial score (nSPS) is 12.7. The Kier molecular flexibility index (Phi) is 6.53. The van der Waals surface area contributed by atoms with Gasteiger partial charge in [-0.3, -0.25) is 0 Å². The van der Waals surface area contributed by atoms with Gasteiger partial charge in [0.05, 0.1) is 0 Å². The summed E-state index contributed by atoms with van der Waals surface area (Å²) in [5.74, 6) is 0.652. The van der Waals surface area contributed by atoms with E-state index in [0.29, 0.717) is 5.92 Å². The average Bonchev–Trinajstić information content (AvgIpc) is 2.24. The average molecular weight is 336 g/mol. The third-order valence-corrected chi connectivity index (χ3v) is 3.77. The minimum Gasteiger partial charge on any atom is -0.385 e. The predicted molar refractivity (Wildman–Crippen MR) is 71.6 cm³/mol. The van der Waals surface area contributed by atoms with E-state index in [9.17, 15) is 0 Å². The molecule has 0 radical (unpaired) electrons. The van der Waals surface area contributed by atoms with Gasteiger partial charge >= 0.3 is 0 Å². The van der Waals surface area contributed by atoms with Gasteiger partial charge in [0.25, 0.3) is 0 Å². The van der Waals surface area contributed by atoms with Crippen molar-refractivity contribution in [1.29, 1.82) is 0 Å². The second-order valence-corrected chi connectivity index (χ2v) is 5.20. The van der Waals surface area contributed by atoms with Gasteiger partial charge in [-0.25, -0.2) is 0 Å². The van der Waals surface area contributed by atoms with Crippen molar-refractivity contribution >= 4 is 31.9 Å². The lowest BCUT2D eigenvalue weighted by Crippen LogP contribution is -2.09. The molecule has 0 aliphatic rings. The van der Waals surface area contributed by atoms with E-state index < -0.39 is 0 Å². The molecule has 0 bridgehead atoms. The van der Waals surface area contributed by atoms with Crippen molar-refractivity contribution in [3.8, 4) is 0 Å². The van der Waals surface area contributed by atoms with Crippen molar-refractivity contribution < 1.29 is 4.74 Å². The Labute approximate surface area is 108 Å². The summed E-state index contributed by atoms with van der Waals surface area (Å²) >= 11 is 7.04. The van der Waals surface area contributed by atoms with Gasteiger partial charge in [-0.05, 0) is 36.5 Å². The maximum Gasteiger partial charge on any atom is 0.0465 e. The zero-order chi connectivity index (χ0) is 11.1. The van der Waals surface area contributed by atoms with Crippen molar-refractivity contribution in [3.63, 3.8) is 0 Å². The first-order valence-corrected chi connectivity index (χ1v) is 6.97. The third-order valence-electron chi connectivity index (χ3n) is 2.36. The van der Waals surface area contributed by atoms with Crippen LogP contribution >= 0.6 is 31.9 Å². The van der Waals surface area contributed by atoms with Gasteiger partial charge in [0.1, 0.15) is 0 Å². The number of hydrogen-bond acceptors (Lipinski definition) is 1. The lowest BCUT2D eigenvalue weighted by Gasteiger charge is -2.13. The van der Waals surface area contributed by atoms with Crippen LogP contribution in [0.2, 0.25) is 0 Å². The quantitative estimate of drug-likeness (QED) is 0.713. The molecule has 84 valence electrons. The lowest BCUT2D eigenvalue weighted by atomic mass is 9.98. The number of ether oxygens (including phenoxy) is 1.